The molecule has 0 radical (unpaired) electrons. The minimum atomic E-state index is -0.938. The van der Waals surface area contributed by atoms with Crippen LogP contribution in [-0.2, 0) is 0 Å². The van der Waals surface area contributed by atoms with E-state index < -0.39 is 5.97 Å². The summed E-state index contributed by atoms with van der Waals surface area (Å²) in [5.74, 6) is -0.938. The molecule has 3 N–H and O–H groups in total. The molecule has 0 aliphatic rings. The molecule has 1 aromatic rings. The van der Waals surface area contributed by atoms with Crippen LogP contribution in [0.4, 0.5) is 11.4 Å². The van der Waals surface area contributed by atoms with Gasteiger partial charge < -0.3 is 15.7 Å². The van der Waals surface area contributed by atoms with Crippen molar-refractivity contribution in [2.75, 3.05) is 23.7 Å². The number of rotatable bonds is 8. The summed E-state index contributed by atoms with van der Waals surface area (Å²) in [6.07, 6.45) is 4.50. The predicted octanol–water partition coefficient (Wildman–Crippen LogP) is 3.37. The highest BCUT2D eigenvalue weighted by Gasteiger charge is 2.11. The largest absolute Gasteiger partial charge is 0.478 e. The van der Waals surface area contributed by atoms with Gasteiger partial charge in [0.1, 0.15) is 0 Å². The zero-order chi connectivity index (χ0) is 14.3. The second-order valence-electron chi connectivity index (χ2n) is 4.77. The highest BCUT2D eigenvalue weighted by atomic mass is 16.4. The third-order valence-corrected chi connectivity index (χ3v) is 3.18. The Labute approximate surface area is 115 Å². The van der Waals surface area contributed by atoms with Crippen molar-refractivity contribution in [3.05, 3.63) is 23.8 Å². The molecule has 4 nitrogen and oxygen atoms in total. The first-order valence-corrected chi connectivity index (χ1v) is 6.97. The van der Waals surface area contributed by atoms with Crippen molar-refractivity contribution in [3.8, 4) is 0 Å². The Bertz CT molecular complexity index is 411. The van der Waals surface area contributed by atoms with Gasteiger partial charge in [0, 0.05) is 13.1 Å². The van der Waals surface area contributed by atoms with E-state index in [1.54, 1.807) is 12.1 Å². The van der Waals surface area contributed by atoms with Crippen LogP contribution in [0.15, 0.2) is 18.2 Å². The van der Waals surface area contributed by atoms with E-state index in [4.69, 9.17) is 10.8 Å². The number of anilines is 2. The monoisotopic (exact) mass is 264 g/mol. The summed E-state index contributed by atoms with van der Waals surface area (Å²) < 4.78 is 0. The summed E-state index contributed by atoms with van der Waals surface area (Å²) in [6, 6.07) is 4.99. The second kappa shape index (κ2) is 7.67. The molecule has 0 saturated heterocycles. The molecule has 0 aliphatic carbocycles. The Morgan fingerprint density at radius 3 is 2.21 bits per heavy atom. The van der Waals surface area contributed by atoms with Crippen molar-refractivity contribution in [3.63, 3.8) is 0 Å². The molecular weight excluding hydrogens is 240 g/mol. The number of hydrogen-bond donors (Lipinski definition) is 2. The van der Waals surface area contributed by atoms with Crippen molar-refractivity contribution in [1.29, 1.82) is 0 Å². The Balaban J connectivity index is 2.90. The van der Waals surface area contributed by atoms with Crippen LogP contribution in [0, 0.1) is 0 Å². The van der Waals surface area contributed by atoms with Gasteiger partial charge >= 0.3 is 5.97 Å². The molecule has 0 unspecified atom stereocenters. The first kappa shape index (κ1) is 15.3. The summed E-state index contributed by atoms with van der Waals surface area (Å²) >= 11 is 0. The van der Waals surface area contributed by atoms with E-state index in [-0.39, 0.29) is 5.56 Å². The van der Waals surface area contributed by atoms with Crippen molar-refractivity contribution in [2.45, 2.75) is 39.5 Å². The van der Waals surface area contributed by atoms with Gasteiger partial charge in [-0.25, -0.2) is 4.79 Å². The average Bonchev–Trinajstić information content (AvgIpc) is 2.39. The van der Waals surface area contributed by atoms with Gasteiger partial charge in [0.05, 0.1) is 16.9 Å². The number of benzene rings is 1. The van der Waals surface area contributed by atoms with Gasteiger partial charge in [0.15, 0.2) is 0 Å². The van der Waals surface area contributed by atoms with Crippen molar-refractivity contribution >= 4 is 17.3 Å². The Morgan fingerprint density at radius 1 is 1.21 bits per heavy atom. The van der Waals surface area contributed by atoms with E-state index in [1.807, 2.05) is 6.07 Å². The number of nitrogens with zero attached hydrogens (tertiary/aromatic N) is 1. The molecule has 1 aromatic carbocycles. The normalized spacial score (nSPS) is 10.4. The third-order valence-electron chi connectivity index (χ3n) is 3.18. The molecule has 0 bridgehead atoms. The summed E-state index contributed by atoms with van der Waals surface area (Å²) in [6.45, 7) is 6.25. The maximum Gasteiger partial charge on any atom is 0.335 e. The fraction of sp³-hybridized carbons (Fsp3) is 0.533. The molecule has 0 heterocycles. The molecule has 106 valence electrons. The van der Waals surface area contributed by atoms with Crippen LogP contribution >= 0.6 is 0 Å². The van der Waals surface area contributed by atoms with Crippen LogP contribution in [0.5, 0.6) is 0 Å². The van der Waals surface area contributed by atoms with Crippen LogP contribution in [0.3, 0.4) is 0 Å². The smallest absolute Gasteiger partial charge is 0.335 e. The standard InChI is InChI=1S/C15H24N2O2/c1-3-5-9-17(10-6-4-2)14-8-7-12(15(18)19)11-13(14)16/h7-8,11H,3-6,9-10,16H2,1-2H3,(H,18,19). The van der Waals surface area contributed by atoms with Gasteiger partial charge in [0.25, 0.3) is 0 Å². The summed E-state index contributed by atoms with van der Waals surface area (Å²) in [4.78, 5) is 13.2. The van der Waals surface area contributed by atoms with Crippen molar-refractivity contribution < 1.29 is 9.90 Å². The lowest BCUT2D eigenvalue weighted by Crippen LogP contribution is -2.26. The van der Waals surface area contributed by atoms with E-state index >= 15 is 0 Å². The molecule has 0 saturated carbocycles. The van der Waals surface area contributed by atoms with Gasteiger partial charge in [-0.1, -0.05) is 26.7 Å². The lowest BCUT2D eigenvalue weighted by molar-refractivity contribution is 0.0697. The van der Waals surface area contributed by atoms with E-state index in [0.717, 1.165) is 44.5 Å². The quantitative estimate of drug-likeness (QED) is 0.706. The van der Waals surface area contributed by atoms with Crippen LogP contribution in [0.25, 0.3) is 0 Å². The molecule has 0 aliphatic heterocycles. The lowest BCUT2D eigenvalue weighted by atomic mass is 10.1. The van der Waals surface area contributed by atoms with E-state index in [1.165, 1.54) is 0 Å². The molecule has 4 heteroatoms. The predicted molar refractivity (Wildman–Crippen MR) is 79.8 cm³/mol. The minimum absolute atomic E-state index is 0.243. The highest BCUT2D eigenvalue weighted by molar-refractivity contribution is 5.90. The van der Waals surface area contributed by atoms with Gasteiger partial charge in [-0.3, -0.25) is 0 Å². The zero-order valence-corrected chi connectivity index (χ0v) is 11.9. The third kappa shape index (κ3) is 4.47. The Morgan fingerprint density at radius 2 is 1.79 bits per heavy atom. The molecule has 19 heavy (non-hydrogen) atoms. The van der Waals surface area contributed by atoms with Gasteiger partial charge in [-0.15, -0.1) is 0 Å². The van der Waals surface area contributed by atoms with Crippen molar-refractivity contribution in [1.82, 2.24) is 0 Å². The number of nitrogen functional groups attached to an aromatic ring is 1. The molecule has 0 spiro atoms. The Hall–Kier alpha value is -1.71. The van der Waals surface area contributed by atoms with E-state index in [2.05, 4.69) is 18.7 Å². The Kier molecular flexibility index (Phi) is 6.19. The minimum Gasteiger partial charge on any atom is -0.478 e. The van der Waals surface area contributed by atoms with Crippen LogP contribution < -0.4 is 10.6 Å². The molecule has 1 rings (SSSR count). The van der Waals surface area contributed by atoms with Crippen LogP contribution in [0.2, 0.25) is 0 Å². The van der Waals surface area contributed by atoms with E-state index in [0.29, 0.717) is 5.69 Å². The van der Waals surface area contributed by atoms with Gasteiger partial charge in [-0.2, -0.15) is 0 Å². The first-order chi connectivity index (χ1) is 9.10. The molecule has 0 fully saturated rings. The van der Waals surface area contributed by atoms with E-state index in [9.17, 15) is 4.79 Å². The number of carbonyl (C=O) groups is 1. The average molecular weight is 264 g/mol. The number of hydrogen-bond acceptors (Lipinski definition) is 3. The zero-order valence-electron chi connectivity index (χ0n) is 11.9. The summed E-state index contributed by atoms with van der Waals surface area (Å²) in [7, 11) is 0. The number of unbranched alkanes of at least 4 members (excludes halogenated alkanes) is 2. The number of carboxylic acids is 1. The van der Waals surface area contributed by atoms with Crippen LogP contribution in [-0.4, -0.2) is 24.2 Å². The number of carboxylic acid groups (broad SMARTS) is 1. The van der Waals surface area contributed by atoms with Gasteiger partial charge in [0.2, 0.25) is 0 Å². The molecule has 0 aromatic heterocycles. The molecule has 0 atom stereocenters. The topological polar surface area (TPSA) is 66.6 Å². The molecule has 0 amide bonds. The van der Waals surface area contributed by atoms with Crippen LogP contribution in [0.1, 0.15) is 49.9 Å². The number of nitrogens with two attached hydrogens (primary N) is 1. The fourth-order valence-corrected chi connectivity index (χ4v) is 2.03. The highest BCUT2D eigenvalue weighted by Crippen LogP contribution is 2.25. The summed E-state index contributed by atoms with van der Waals surface area (Å²) in [5.41, 5.74) is 7.74. The van der Waals surface area contributed by atoms with Gasteiger partial charge in [-0.05, 0) is 31.0 Å². The second-order valence-corrected chi connectivity index (χ2v) is 4.77. The first-order valence-electron chi connectivity index (χ1n) is 6.97. The fourth-order valence-electron chi connectivity index (χ4n) is 2.03. The maximum absolute atomic E-state index is 10.9. The lowest BCUT2D eigenvalue weighted by Gasteiger charge is -2.26. The number of aromatic carboxylic acids is 1. The van der Waals surface area contributed by atoms with Crippen molar-refractivity contribution in [2.24, 2.45) is 0 Å². The summed E-state index contributed by atoms with van der Waals surface area (Å²) in [5, 5.41) is 8.95. The maximum atomic E-state index is 10.9. The SMILES string of the molecule is CCCCN(CCCC)c1ccc(C(=O)O)cc1N. The molecular formula is C15H24N2O2.